The van der Waals surface area contributed by atoms with Crippen LogP contribution in [0.25, 0.3) is 0 Å². The highest BCUT2D eigenvalue weighted by Gasteiger charge is 1.93. The van der Waals surface area contributed by atoms with Crippen LogP contribution < -0.4 is 5.32 Å². The van der Waals surface area contributed by atoms with Gasteiger partial charge < -0.3 is 5.32 Å². The van der Waals surface area contributed by atoms with Crippen molar-refractivity contribution in [1.82, 2.24) is 5.32 Å². The topological polar surface area (TPSA) is 12.0 Å². The number of nitrogens with one attached hydrogen (secondary N) is 1. The quantitative estimate of drug-likeness (QED) is 0.882. The maximum atomic E-state index is 5.82. The molecule has 0 aliphatic heterocycles. The molecule has 0 aromatic heterocycles. The average molecular weight is 268 g/mol. The van der Waals surface area contributed by atoms with E-state index < -0.39 is 0 Å². The third kappa shape index (κ3) is 4.78. The second-order valence-electron chi connectivity index (χ2n) is 3.72. The Morgan fingerprint density at radius 1 is 0.765 bits per heavy atom. The standard InChI is InChI=1S/C14H14ClN.ClH/c15-14-8-6-13(7-9-14)11-16-10-12-4-2-1-3-5-12;/h1-9,16H,10-11H2;1H. The molecule has 0 saturated heterocycles. The lowest BCUT2D eigenvalue weighted by atomic mass is 10.2. The number of halogens is 2. The molecule has 2 aromatic rings. The largest absolute Gasteiger partial charge is 0.309 e. The molecule has 90 valence electrons. The van der Waals surface area contributed by atoms with Gasteiger partial charge in [0, 0.05) is 18.1 Å². The van der Waals surface area contributed by atoms with Crippen LogP contribution in [0.1, 0.15) is 11.1 Å². The summed E-state index contributed by atoms with van der Waals surface area (Å²) in [7, 11) is 0. The minimum absolute atomic E-state index is 0. The Morgan fingerprint density at radius 2 is 1.29 bits per heavy atom. The van der Waals surface area contributed by atoms with Crippen molar-refractivity contribution in [1.29, 1.82) is 0 Å². The molecule has 0 bridgehead atoms. The fourth-order valence-corrected chi connectivity index (χ4v) is 1.68. The van der Waals surface area contributed by atoms with E-state index in [9.17, 15) is 0 Å². The highest BCUT2D eigenvalue weighted by Crippen LogP contribution is 2.09. The Morgan fingerprint density at radius 3 is 1.88 bits per heavy atom. The van der Waals surface area contributed by atoms with Crippen LogP contribution in [0.5, 0.6) is 0 Å². The molecule has 2 aromatic carbocycles. The molecule has 17 heavy (non-hydrogen) atoms. The molecule has 1 nitrogen and oxygen atoms in total. The van der Waals surface area contributed by atoms with Crippen molar-refractivity contribution in [3.05, 3.63) is 70.7 Å². The first kappa shape index (κ1) is 14.0. The van der Waals surface area contributed by atoms with Gasteiger partial charge in [0.05, 0.1) is 0 Å². The van der Waals surface area contributed by atoms with Gasteiger partial charge in [-0.15, -0.1) is 12.4 Å². The van der Waals surface area contributed by atoms with Crippen LogP contribution in [0.15, 0.2) is 54.6 Å². The number of hydrogen-bond acceptors (Lipinski definition) is 1. The van der Waals surface area contributed by atoms with Crippen molar-refractivity contribution < 1.29 is 0 Å². The Labute approximate surface area is 113 Å². The Bertz CT molecular complexity index is 426. The number of hydrogen-bond donors (Lipinski definition) is 1. The molecule has 0 saturated carbocycles. The normalized spacial score (nSPS) is 9.71. The maximum absolute atomic E-state index is 5.82. The molecular weight excluding hydrogens is 253 g/mol. The molecule has 0 spiro atoms. The van der Waals surface area contributed by atoms with Crippen molar-refractivity contribution >= 4 is 24.0 Å². The predicted octanol–water partition coefficient (Wildman–Crippen LogP) is 4.05. The number of rotatable bonds is 4. The summed E-state index contributed by atoms with van der Waals surface area (Å²) in [5.41, 5.74) is 2.55. The molecule has 2 rings (SSSR count). The zero-order valence-corrected chi connectivity index (χ0v) is 11.0. The first-order valence-corrected chi connectivity index (χ1v) is 5.71. The van der Waals surface area contributed by atoms with Gasteiger partial charge in [0.15, 0.2) is 0 Å². The minimum atomic E-state index is 0. The van der Waals surface area contributed by atoms with Gasteiger partial charge in [0.1, 0.15) is 0 Å². The second-order valence-corrected chi connectivity index (χ2v) is 4.15. The molecule has 0 unspecified atom stereocenters. The fraction of sp³-hybridized carbons (Fsp3) is 0.143. The lowest BCUT2D eigenvalue weighted by Gasteiger charge is -2.05. The van der Waals surface area contributed by atoms with E-state index in [-0.39, 0.29) is 12.4 Å². The van der Waals surface area contributed by atoms with Gasteiger partial charge in [0.25, 0.3) is 0 Å². The van der Waals surface area contributed by atoms with Crippen molar-refractivity contribution in [2.75, 3.05) is 0 Å². The van der Waals surface area contributed by atoms with E-state index in [0.29, 0.717) is 0 Å². The Hall–Kier alpha value is -1.02. The van der Waals surface area contributed by atoms with Gasteiger partial charge in [0.2, 0.25) is 0 Å². The monoisotopic (exact) mass is 267 g/mol. The molecule has 0 amide bonds. The molecule has 0 atom stereocenters. The second kappa shape index (κ2) is 7.33. The van der Waals surface area contributed by atoms with E-state index in [1.165, 1.54) is 11.1 Å². The zero-order valence-electron chi connectivity index (χ0n) is 9.40. The first-order valence-electron chi connectivity index (χ1n) is 5.34. The minimum Gasteiger partial charge on any atom is -0.309 e. The third-order valence-electron chi connectivity index (χ3n) is 2.41. The van der Waals surface area contributed by atoms with E-state index in [1.54, 1.807) is 0 Å². The van der Waals surface area contributed by atoms with E-state index in [0.717, 1.165) is 18.1 Å². The molecule has 3 heteroatoms. The summed E-state index contributed by atoms with van der Waals surface area (Å²) in [6.45, 7) is 1.76. The Kier molecular flexibility index (Phi) is 6.06. The molecule has 1 N–H and O–H groups in total. The lowest BCUT2D eigenvalue weighted by Crippen LogP contribution is -2.12. The smallest absolute Gasteiger partial charge is 0.0406 e. The van der Waals surface area contributed by atoms with Gasteiger partial charge in [-0.3, -0.25) is 0 Å². The lowest BCUT2D eigenvalue weighted by molar-refractivity contribution is 0.693. The predicted molar refractivity (Wildman–Crippen MR) is 75.7 cm³/mol. The molecule has 0 fully saturated rings. The summed E-state index contributed by atoms with van der Waals surface area (Å²) < 4.78 is 0. The summed E-state index contributed by atoms with van der Waals surface area (Å²) in [6.07, 6.45) is 0. The van der Waals surface area contributed by atoms with Crippen molar-refractivity contribution in [2.24, 2.45) is 0 Å². The van der Waals surface area contributed by atoms with Gasteiger partial charge in [-0.2, -0.15) is 0 Å². The van der Waals surface area contributed by atoms with Gasteiger partial charge >= 0.3 is 0 Å². The summed E-state index contributed by atoms with van der Waals surface area (Å²) in [5, 5.41) is 4.18. The highest BCUT2D eigenvalue weighted by atomic mass is 35.5. The molecule has 0 aliphatic carbocycles. The van der Waals surface area contributed by atoms with E-state index in [2.05, 4.69) is 29.6 Å². The van der Waals surface area contributed by atoms with E-state index in [1.807, 2.05) is 30.3 Å². The Balaban J connectivity index is 0.00000144. The molecule has 0 aliphatic rings. The highest BCUT2D eigenvalue weighted by molar-refractivity contribution is 6.30. The van der Waals surface area contributed by atoms with Gasteiger partial charge in [-0.25, -0.2) is 0 Å². The third-order valence-corrected chi connectivity index (χ3v) is 2.67. The fourth-order valence-electron chi connectivity index (χ4n) is 1.55. The van der Waals surface area contributed by atoms with Crippen LogP contribution in [-0.2, 0) is 13.1 Å². The van der Waals surface area contributed by atoms with E-state index >= 15 is 0 Å². The van der Waals surface area contributed by atoms with E-state index in [4.69, 9.17) is 11.6 Å². The summed E-state index contributed by atoms with van der Waals surface area (Å²) in [5.74, 6) is 0. The van der Waals surface area contributed by atoms with Gasteiger partial charge in [-0.1, -0.05) is 54.1 Å². The SMILES string of the molecule is Cl.Clc1ccc(CNCc2ccccc2)cc1. The van der Waals surface area contributed by atoms with Crippen LogP contribution in [0.4, 0.5) is 0 Å². The van der Waals surface area contributed by atoms with Crippen LogP contribution in [-0.4, -0.2) is 0 Å². The number of benzene rings is 2. The summed E-state index contributed by atoms with van der Waals surface area (Å²) in [6, 6.07) is 18.3. The molecule has 0 heterocycles. The summed E-state index contributed by atoms with van der Waals surface area (Å²) >= 11 is 5.82. The van der Waals surface area contributed by atoms with Crippen molar-refractivity contribution in [3.8, 4) is 0 Å². The summed E-state index contributed by atoms with van der Waals surface area (Å²) in [4.78, 5) is 0. The van der Waals surface area contributed by atoms with Crippen molar-refractivity contribution in [2.45, 2.75) is 13.1 Å². The first-order chi connectivity index (χ1) is 7.84. The molecule has 0 radical (unpaired) electrons. The molecular formula is C14H15Cl2N. The van der Waals surface area contributed by atoms with Crippen molar-refractivity contribution in [3.63, 3.8) is 0 Å². The van der Waals surface area contributed by atoms with Gasteiger partial charge in [-0.05, 0) is 23.3 Å². The van der Waals surface area contributed by atoms with Crippen LogP contribution >= 0.6 is 24.0 Å². The zero-order chi connectivity index (χ0) is 11.2. The maximum Gasteiger partial charge on any atom is 0.0406 e. The van der Waals surface area contributed by atoms with Crippen LogP contribution in [0.2, 0.25) is 5.02 Å². The van der Waals surface area contributed by atoms with Crippen LogP contribution in [0.3, 0.4) is 0 Å². The average Bonchev–Trinajstić information content (AvgIpc) is 2.33. The van der Waals surface area contributed by atoms with Crippen LogP contribution in [0, 0.1) is 0 Å².